The van der Waals surface area contributed by atoms with E-state index in [1.54, 1.807) is 7.05 Å². The van der Waals surface area contributed by atoms with Gasteiger partial charge in [0.25, 0.3) is 0 Å². The molecule has 1 aliphatic carbocycles. The number of benzene rings is 1. The Hall–Kier alpha value is -1.95. The number of tetrazole rings is 1. The first-order chi connectivity index (χ1) is 8.16. The molecule has 1 atom stereocenters. The van der Waals surface area contributed by atoms with Crippen LogP contribution in [0.5, 0.6) is 0 Å². The summed E-state index contributed by atoms with van der Waals surface area (Å²) >= 11 is 0. The predicted molar refractivity (Wildman–Crippen MR) is 61.8 cm³/mol. The van der Waals surface area contributed by atoms with Crippen molar-refractivity contribution < 1.29 is 0 Å². The summed E-state index contributed by atoms with van der Waals surface area (Å²) in [4.78, 5) is 11.7. The van der Waals surface area contributed by atoms with E-state index >= 15 is 0 Å². The van der Waals surface area contributed by atoms with Crippen LogP contribution in [0.15, 0.2) is 23.0 Å². The van der Waals surface area contributed by atoms with Crippen LogP contribution in [-0.4, -0.2) is 19.8 Å². The van der Waals surface area contributed by atoms with Crippen LogP contribution in [0.4, 0.5) is 0 Å². The van der Waals surface area contributed by atoms with Gasteiger partial charge < -0.3 is 5.73 Å². The van der Waals surface area contributed by atoms with Gasteiger partial charge in [0.2, 0.25) is 0 Å². The van der Waals surface area contributed by atoms with Gasteiger partial charge in [0.15, 0.2) is 0 Å². The Morgan fingerprint density at radius 1 is 1.41 bits per heavy atom. The van der Waals surface area contributed by atoms with Crippen molar-refractivity contribution in [3.05, 3.63) is 39.8 Å². The van der Waals surface area contributed by atoms with Gasteiger partial charge in [0, 0.05) is 13.1 Å². The zero-order valence-corrected chi connectivity index (χ0v) is 9.50. The fourth-order valence-electron chi connectivity index (χ4n) is 2.24. The largest absolute Gasteiger partial charge is 0.368 e. The molecule has 1 aromatic carbocycles. The van der Waals surface area contributed by atoms with Crippen LogP contribution in [0.25, 0.3) is 5.69 Å². The van der Waals surface area contributed by atoms with Crippen molar-refractivity contribution in [2.75, 3.05) is 0 Å². The zero-order valence-electron chi connectivity index (χ0n) is 9.50. The maximum atomic E-state index is 11.7. The molecule has 6 nitrogen and oxygen atoms in total. The lowest BCUT2D eigenvalue weighted by molar-refractivity contribution is 0.693. The number of aromatic nitrogens is 4. The van der Waals surface area contributed by atoms with E-state index in [4.69, 9.17) is 5.73 Å². The third-order valence-electron chi connectivity index (χ3n) is 3.22. The van der Waals surface area contributed by atoms with Crippen LogP contribution in [-0.2, 0) is 13.5 Å². The average molecular weight is 231 g/mol. The maximum absolute atomic E-state index is 11.7. The van der Waals surface area contributed by atoms with E-state index in [0.29, 0.717) is 0 Å². The second-order valence-electron chi connectivity index (χ2n) is 4.33. The number of hydrogen-bond donors (Lipinski definition) is 1. The van der Waals surface area contributed by atoms with Crippen LogP contribution >= 0.6 is 0 Å². The highest BCUT2D eigenvalue weighted by Crippen LogP contribution is 2.30. The summed E-state index contributed by atoms with van der Waals surface area (Å²) in [7, 11) is 1.58. The SMILES string of the molecule is Cn1nnn(-c2ccc3c(c2)CC[C@@H]3N)c1=O. The minimum atomic E-state index is -0.243. The third-order valence-corrected chi connectivity index (χ3v) is 3.22. The van der Waals surface area contributed by atoms with Gasteiger partial charge >= 0.3 is 5.69 Å². The van der Waals surface area contributed by atoms with E-state index in [9.17, 15) is 4.79 Å². The van der Waals surface area contributed by atoms with Crippen molar-refractivity contribution in [1.29, 1.82) is 0 Å². The van der Waals surface area contributed by atoms with E-state index in [-0.39, 0.29) is 11.7 Å². The molecule has 88 valence electrons. The lowest BCUT2D eigenvalue weighted by Gasteiger charge is -2.05. The molecule has 1 aromatic heterocycles. The summed E-state index contributed by atoms with van der Waals surface area (Å²) in [5.74, 6) is 0. The number of hydrogen-bond acceptors (Lipinski definition) is 4. The maximum Gasteiger partial charge on any atom is 0.368 e. The molecule has 17 heavy (non-hydrogen) atoms. The van der Waals surface area contributed by atoms with Crippen LogP contribution in [0, 0.1) is 0 Å². The molecule has 0 saturated heterocycles. The van der Waals surface area contributed by atoms with Gasteiger partial charge in [0.1, 0.15) is 0 Å². The molecular weight excluding hydrogens is 218 g/mol. The highest BCUT2D eigenvalue weighted by atomic mass is 16.2. The van der Waals surface area contributed by atoms with Crippen molar-refractivity contribution >= 4 is 0 Å². The van der Waals surface area contributed by atoms with Gasteiger partial charge in [-0.15, -0.1) is 0 Å². The van der Waals surface area contributed by atoms with Gasteiger partial charge in [-0.2, -0.15) is 9.36 Å². The molecule has 0 fully saturated rings. The summed E-state index contributed by atoms with van der Waals surface area (Å²) < 4.78 is 2.50. The van der Waals surface area contributed by atoms with Crippen LogP contribution in [0.2, 0.25) is 0 Å². The molecule has 0 spiro atoms. The molecule has 2 N–H and O–H groups in total. The second-order valence-corrected chi connectivity index (χ2v) is 4.33. The van der Waals surface area contributed by atoms with Crippen molar-refractivity contribution in [2.24, 2.45) is 12.8 Å². The first-order valence-corrected chi connectivity index (χ1v) is 5.54. The molecular formula is C11H13N5O. The molecule has 0 saturated carbocycles. The molecule has 2 aromatic rings. The summed E-state index contributed by atoms with van der Waals surface area (Å²) in [6.07, 6.45) is 1.92. The fraction of sp³-hybridized carbons (Fsp3) is 0.364. The highest BCUT2D eigenvalue weighted by molar-refractivity contribution is 5.43. The van der Waals surface area contributed by atoms with Crippen LogP contribution in [0.3, 0.4) is 0 Å². The summed E-state index contributed by atoms with van der Waals surface area (Å²) in [6.45, 7) is 0. The third kappa shape index (κ3) is 1.49. The monoisotopic (exact) mass is 231 g/mol. The fourth-order valence-corrected chi connectivity index (χ4v) is 2.24. The molecule has 6 heteroatoms. The summed E-state index contributed by atoms with van der Waals surface area (Å²) in [5.41, 5.74) is 8.84. The Bertz CT molecular complexity index is 627. The van der Waals surface area contributed by atoms with Gasteiger partial charge in [-0.1, -0.05) is 6.07 Å². The van der Waals surface area contributed by atoms with Crippen molar-refractivity contribution in [3.63, 3.8) is 0 Å². The lowest BCUT2D eigenvalue weighted by Crippen LogP contribution is -2.22. The molecule has 0 amide bonds. The Balaban J connectivity index is 2.12. The van der Waals surface area contributed by atoms with E-state index in [1.165, 1.54) is 20.5 Å². The Labute approximate surface area is 97.6 Å². The van der Waals surface area contributed by atoms with Gasteiger partial charge in [0.05, 0.1) is 5.69 Å². The Morgan fingerprint density at radius 3 is 2.94 bits per heavy atom. The van der Waals surface area contributed by atoms with Crippen LogP contribution in [0.1, 0.15) is 23.6 Å². The highest BCUT2D eigenvalue weighted by Gasteiger charge is 2.19. The number of nitrogens with zero attached hydrogens (tertiary/aromatic N) is 4. The first kappa shape index (κ1) is 10.2. The minimum absolute atomic E-state index is 0.123. The molecule has 1 heterocycles. The molecule has 0 radical (unpaired) electrons. The minimum Gasteiger partial charge on any atom is -0.324 e. The molecule has 0 aliphatic heterocycles. The molecule has 3 rings (SSSR count). The van der Waals surface area contributed by atoms with Gasteiger partial charge in [-0.05, 0) is 46.5 Å². The number of nitrogens with two attached hydrogens (primary N) is 1. The Morgan fingerprint density at radius 2 is 2.24 bits per heavy atom. The lowest BCUT2D eigenvalue weighted by atomic mass is 10.1. The van der Waals surface area contributed by atoms with Crippen LogP contribution < -0.4 is 11.4 Å². The number of rotatable bonds is 1. The quantitative estimate of drug-likeness (QED) is 0.744. The van der Waals surface area contributed by atoms with Crippen molar-refractivity contribution in [3.8, 4) is 5.69 Å². The van der Waals surface area contributed by atoms with E-state index in [1.807, 2.05) is 18.2 Å². The summed E-state index contributed by atoms with van der Waals surface area (Å²) in [6, 6.07) is 5.93. The zero-order chi connectivity index (χ0) is 12.0. The van der Waals surface area contributed by atoms with E-state index < -0.39 is 0 Å². The predicted octanol–water partition coefficient (Wildman–Crippen LogP) is -0.0880. The summed E-state index contributed by atoms with van der Waals surface area (Å²) in [5, 5.41) is 7.51. The van der Waals surface area contributed by atoms with E-state index in [2.05, 4.69) is 10.4 Å². The Kier molecular flexibility index (Phi) is 2.12. The number of fused-ring (bicyclic) bond motifs is 1. The first-order valence-electron chi connectivity index (χ1n) is 5.54. The smallest absolute Gasteiger partial charge is 0.324 e. The number of aryl methyl sites for hydroxylation is 2. The second kappa shape index (κ2) is 3.53. The van der Waals surface area contributed by atoms with Gasteiger partial charge in [-0.3, -0.25) is 0 Å². The molecule has 1 aliphatic rings. The van der Waals surface area contributed by atoms with E-state index in [0.717, 1.165) is 18.5 Å². The van der Waals surface area contributed by atoms with Gasteiger partial charge in [-0.25, -0.2) is 4.79 Å². The standard InChI is InChI=1S/C11H13N5O/c1-15-11(17)16(14-13-15)8-3-4-9-7(6-8)2-5-10(9)12/h3-4,6,10H,2,5,12H2,1H3/t10-/m0/s1. The van der Waals surface area contributed by atoms with Crippen molar-refractivity contribution in [2.45, 2.75) is 18.9 Å². The normalized spacial score (nSPS) is 18.4. The molecule has 0 unspecified atom stereocenters. The average Bonchev–Trinajstić information content (AvgIpc) is 2.85. The topological polar surface area (TPSA) is 78.7 Å². The van der Waals surface area contributed by atoms with Crippen molar-refractivity contribution in [1.82, 2.24) is 19.8 Å². The molecule has 0 bridgehead atoms.